The zero-order valence-corrected chi connectivity index (χ0v) is 33.3. The topological polar surface area (TPSA) is 51.6 Å². The van der Waals surface area contributed by atoms with E-state index in [4.69, 9.17) is 19.9 Å². The molecule has 285 valence electrons. The molecule has 0 atom stereocenters. The van der Waals surface area contributed by atoms with Gasteiger partial charge in [-0.05, 0) is 58.1 Å². The number of hydrogen-bond acceptors (Lipinski definition) is 4. The van der Waals surface area contributed by atoms with Crippen LogP contribution < -0.4 is 0 Å². The maximum atomic E-state index is 5.50. The first-order chi connectivity index (χ1) is 29.7. The Bertz CT molecular complexity index is 2700. The SMILES string of the molecule is [B].c1ccc(-c2ccc(-c3ccccc3-c3cc(-c4ccccc4-c4ccc(-c5ccccc5)nc4)nc(-c4ccccc4-c4ccc(-c5ccccc5)nc4)c3)cn2)cc1. The van der Waals surface area contributed by atoms with Crippen LogP contribution >= 0.6 is 0 Å². The van der Waals surface area contributed by atoms with Crippen molar-refractivity contribution in [3.8, 4) is 101 Å². The standard InChI is InChI=1S/C56H38N4.B/c1-4-16-39(17-5-1)52-31-28-42(36-57-52)46-22-10-11-25-49(46)45-34-55(50-26-14-12-23-47(50)43-29-32-53(58-37-43)40-18-6-2-7-19-40)60-56(35-45)51-27-15-13-24-48(51)44-30-33-54(59-38-44)41-20-8-3-9-21-41;/h1-38H;. The highest BCUT2D eigenvalue weighted by molar-refractivity contribution is 5.91. The van der Waals surface area contributed by atoms with Gasteiger partial charge < -0.3 is 0 Å². The molecule has 0 saturated carbocycles. The fourth-order valence-electron chi connectivity index (χ4n) is 7.86. The molecule has 0 unspecified atom stereocenters. The third kappa shape index (κ3) is 8.05. The fourth-order valence-corrected chi connectivity index (χ4v) is 7.86. The number of aromatic nitrogens is 4. The average Bonchev–Trinajstić information content (AvgIpc) is 3.35. The van der Waals surface area contributed by atoms with Crippen molar-refractivity contribution in [3.63, 3.8) is 0 Å². The summed E-state index contributed by atoms with van der Waals surface area (Å²) in [5.74, 6) is 0. The quantitative estimate of drug-likeness (QED) is 0.137. The highest BCUT2D eigenvalue weighted by Crippen LogP contribution is 2.41. The minimum absolute atomic E-state index is 0. The summed E-state index contributed by atoms with van der Waals surface area (Å²) in [5, 5.41) is 0. The molecular formula is C56H38BN4. The molecule has 10 rings (SSSR count). The summed E-state index contributed by atoms with van der Waals surface area (Å²) in [6, 6.07) is 73.6. The van der Waals surface area contributed by atoms with Gasteiger partial charge in [-0.3, -0.25) is 15.0 Å². The fraction of sp³-hybridized carbons (Fsp3) is 0. The monoisotopic (exact) mass is 777 g/mol. The number of rotatable bonds is 9. The number of benzene rings is 6. The minimum Gasteiger partial charge on any atom is -0.256 e. The predicted octanol–water partition coefficient (Wildman–Crippen LogP) is 13.9. The Morgan fingerprint density at radius 1 is 0.213 bits per heavy atom. The summed E-state index contributed by atoms with van der Waals surface area (Å²) < 4.78 is 0. The summed E-state index contributed by atoms with van der Waals surface area (Å²) in [6.07, 6.45) is 5.91. The average molecular weight is 778 g/mol. The van der Waals surface area contributed by atoms with E-state index in [-0.39, 0.29) is 8.41 Å². The number of hydrogen-bond donors (Lipinski definition) is 0. The molecule has 4 heterocycles. The first-order valence-electron chi connectivity index (χ1n) is 20.1. The highest BCUT2D eigenvalue weighted by atomic mass is 14.7. The van der Waals surface area contributed by atoms with Crippen LogP contribution in [0.1, 0.15) is 0 Å². The molecule has 4 aromatic heterocycles. The molecule has 0 saturated heterocycles. The van der Waals surface area contributed by atoms with E-state index >= 15 is 0 Å². The molecule has 4 nitrogen and oxygen atoms in total. The van der Waals surface area contributed by atoms with Crippen LogP contribution in [0.4, 0.5) is 0 Å². The van der Waals surface area contributed by atoms with Gasteiger partial charge in [-0.2, -0.15) is 0 Å². The Balaban J connectivity index is 0.00000476. The zero-order chi connectivity index (χ0) is 40.1. The van der Waals surface area contributed by atoms with Crippen LogP contribution in [-0.2, 0) is 0 Å². The van der Waals surface area contributed by atoms with Gasteiger partial charge in [-0.1, -0.05) is 182 Å². The molecule has 5 heteroatoms. The lowest BCUT2D eigenvalue weighted by atomic mass is 9.91. The number of nitrogens with zero attached hydrogens (tertiary/aromatic N) is 4. The molecule has 6 aromatic carbocycles. The molecule has 0 N–H and O–H groups in total. The van der Waals surface area contributed by atoms with E-state index in [9.17, 15) is 0 Å². The van der Waals surface area contributed by atoms with Crippen molar-refractivity contribution in [1.29, 1.82) is 0 Å². The first kappa shape index (κ1) is 38.5. The molecular weight excluding hydrogens is 739 g/mol. The molecule has 0 aliphatic heterocycles. The van der Waals surface area contributed by atoms with E-state index in [1.54, 1.807) is 0 Å². The third-order valence-electron chi connectivity index (χ3n) is 10.9. The van der Waals surface area contributed by atoms with Crippen molar-refractivity contribution in [1.82, 2.24) is 19.9 Å². The van der Waals surface area contributed by atoms with Crippen molar-refractivity contribution in [2.45, 2.75) is 0 Å². The van der Waals surface area contributed by atoms with Gasteiger partial charge in [0.25, 0.3) is 0 Å². The van der Waals surface area contributed by atoms with Gasteiger partial charge in [0, 0.05) is 71.5 Å². The highest BCUT2D eigenvalue weighted by Gasteiger charge is 2.18. The van der Waals surface area contributed by atoms with Crippen LogP contribution in [0.2, 0.25) is 0 Å². The maximum absolute atomic E-state index is 5.50. The molecule has 61 heavy (non-hydrogen) atoms. The Hall–Kier alpha value is -8.02. The van der Waals surface area contributed by atoms with E-state index in [1.807, 2.05) is 73.2 Å². The second kappa shape index (κ2) is 17.5. The van der Waals surface area contributed by atoms with Crippen LogP contribution in [0.25, 0.3) is 101 Å². The lowest BCUT2D eigenvalue weighted by molar-refractivity contribution is 1.30. The van der Waals surface area contributed by atoms with E-state index in [2.05, 4.69) is 158 Å². The minimum atomic E-state index is 0. The molecule has 3 radical (unpaired) electrons. The second-order valence-electron chi connectivity index (χ2n) is 14.7. The summed E-state index contributed by atoms with van der Waals surface area (Å²) in [6.45, 7) is 0. The van der Waals surface area contributed by atoms with Gasteiger partial charge in [-0.15, -0.1) is 0 Å². The molecule has 10 aromatic rings. The summed E-state index contributed by atoms with van der Waals surface area (Å²) in [5.41, 5.74) is 18.3. The van der Waals surface area contributed by atoms with Crippen molar-refractivity contribution < 1.29 is 0 Å². The van der Waals surface area contributed by atoms with E-state index < -0.39 is 0 Å². The summed E-state index contributed by atoms with van der Waals surface area (Å²) in [7, 11) is 0. The van der Waals surface area contributed by atoms with Gasteiger partial charge >= 0.3 is 0 Å². The molecule has 0 bridgehead atoms. The van der Waals surface area contributed by atoms with Gasteiger partial charge in [0.15, 0.2) is 0 Å². The van der Waals surface area contributed by atoms with E-state index in [0.717, 1.165) is 101 Å². The van der Waals surface area contributed by atoms with E-state index in [1.165, 1.54) is 0 Å². The van der Waals surface area contributed by atoms with Crippen molar-refractivity contribution in [3.05, 3.63) is 231 Å². The van der Waals surface area contributed by atoms with Crippen molar-refractivity contribution in [2.75, 3.05) is 0 Å². The van der Waals surface area contributed by atoms with Gasteiger partial charge in [0.1, 0.15) is 0 Å². The second-order valence-corrected chi connectivity index (χ2v) is 14.7. The normalized spacial score (nSPS) is 10.8. The molecule has 0 spiro atoms. The first-order valence-corrected chi connectivity index (χ1v) is 20.1. The van der Waals surface area contributed by atoms with Crippen LogP contribution in [-0.4, -0.2) is 28.3 Å². The Morgan fingerprint density at radius 3 is 0.803 bits per heavy atom. The smallest absolute Gasteiger partial charge is 0.0721 e. The molecule has 0 amide bonds. The molecule has 0 aliphatic carbocycles. The lowest BCUT2D eigenvalue weighted by Gasteiger charge is -2.17. The lowest BCUT2D eigenvalue weighted by Crippen LogP contribution is -1.96. The number of pyridine rings is 4. The Morgan fingerprint density at radius 2 is 0.492 bits per heavy atom. The van der Waals surface area contributed by atoms with Crippen molar-refractivity contribution in [2.24, 2.45) is 0 Å². The van der Waals surface area contributed by atoms with E-state index in [0.29, 0.717) is 0 Å². The van der Waals surface area contributed by atoms with Gasteiger partial charge in [0.05, 0.1) is 28.5 Å². The van der Waals surface area contributed by atoms with Gasteiger partial charge in [-0.25, -0.2) is 4.98 Å². The maximum Gasteiger partial charge on any atom is 0.0721 e. The Labute approximate surface area is 358 Å². The molecule has 0 aliphatic rings. The van der Waals surface area contributed by atoms with Crippen LogP contribution in [0.15, 0.2) is 231 Å². The zero-order valence-electron chi connectivity index (χ0n) is 33.3. The van der Waals surface area contributed by atoms with Crippen LogP contribution in [0.5, 0.6) is 0 Å². The third-order valence-corrected chi connectivity index (χ3v) is 10.9. The van der Waals surface area contributed by atoms with Crippen LogP contribution in [0, 0.1) is 0 Å². The summed E-state index contributed by atoms with van der Waals surface area (Å²) in [4.78, 5) is 20.2. The van der Waals surface area contributed by atoms with Crippen LogP contribution in [0.3, 0.4) is 0 Å². The molecule has 0 fully saturated rings. The largest absolute Gasteiger partial charge is 0.256 e. The Kier molecular flexibility index (Phi) is 11.0. The van der Waals surface area contributed by atoms with Gasteiger partial charge in [0.2, 0.25) is 0 Å². The summed E-state index contributed by atoms with van der Waals surface area (Å²) >= 11 is 0. The predicted molar refractivity (Wildman–Crippen MR) is 252 cm³/mol. The van der Waals surface area contributed by atoms with Crippen molar-refractivity contribution >= 4 is 8.41 Å².